The van der Waals surface area contributed by atoms with E-state index in [2.05, 4.69) is 15.0 Å². The zero-order valence-electron chi connectivity index (χ0n) is 16.5. The summed E-state index contributed by atoms with van der Waals surface area (Å²) in [6.45, 7) is 3.11. The molecular weight excluding hydrogens is 366 g/mol. The van der Waals surface area contributed by atoms with Crippen molar-refractivity contribution in [1.29, 1.82) is 0 Å². The molecule has 0 bridgehead atoms. The molecule has 5 nitrogen and oxygen atoms in total. The Morgan fingerprint density at radius 3 is 2.64 bits per heavy atom. The van der Waals surface area contributed by atoms with Crippen molar-refractivity contribution in [3.63, 3.8) is 0 Å². The highest BCUT2D eigenvalue weighted by molar-refractivity contribution is 5.91. The van der Waals surface area contributed by atoms with E-state index in [0.29, 0.717) is 18.7 Å². The SMILES string of the molecule is CCOc1cc(C=CC(=O)NCCCN2CCCCCC2)ccc1OC(F)F. The Morgan fingerprint density at radius 1 is 1.21 bits per heavy atom. The van der Waals surface area contributed by atoms with Crippen LogP contribution in [-0.4, -0.2) is 50.2 Å². The fourth-order valence-electron chi connectivity index (χ4n) is 3.19. The van der Waals surface area contributed by atoms with Crippen molar-refractivity contribution < 1.29 is 23.0 Å². The van der Waals surface area contributed by atoms with Gasteiger partial charge in [-0.05, 0) is 69.6 Å². The summed E-state index contributed by atoms with van der Waals surface area (Å²) in [5.74, 6) is 0.0245. The Hall–Kier alpha value is -2.15. The van der Waals surface area contributed by atoms with Crippen molar-refractivity contribution >= 4 is 12.0 Å². The molecule has 0 aromatic heterocycles. The van der Waals surface area contributed by atoms with Crippen molar-refractivity contribution in [3.05, 3.63) is 29.8 Å². The van der Waals surface area contributed by atoms with Crippen LogP contribution >= 0.6 is 0 Å². The molecule has 28 heavy (non-hydrogen) atoms. The molecule has 1 aliphatic rings. The van der Waals surface area contributed by atoms with Gasteiger partial charge in [0.2, 0.25) is 5.91 Å². The van der Waals surface area contributed by atoms with Crippen molar-refractivity contribution in [3.8, 4) is 11.5 Å². The number of nitrogens with zero attached hydrogens (tertiary/aromatic N) is 1. The minimum absolute atomic E-state index is 0.0213. The van der Waals surface area contributed by atoms with Gasteiger partial charge in [-0.15, -0.1) is 0 Å². The number of hydrogen-bond donors (Lipinski definition) is 1. The topological polar surface area (TPSA) is 50.8 Å². The molecule has 1 aliphatic heterocycles. The van der Waals surface area contributed by atoms with E-state index in [9.17, 15) is 13.6 Å². The Kier molecular flexibility index (Phi) is 9.76. The molecule has 1 N–H and O–H groups in total. The number of likely N-dealkylation sites (tertiary alicyclic amines) is 1. The van der Waals surface area contributed by atoms with Crippen LogP contribution in [0.4, 0.5) is 8.78 Å². The lowest BCUT2D eigenvalue weighted by Crippen LogP contribution is -2.30. The number of ether oxygens (including phenoxy) is 2. The standard InChI is InChI=1S/C21H30F2N2O3/c1-2-27-19-16-17(8-10-18(19)28-21(22)23)9-11-20(26)24-12-7-15-25-13-5-3-4-6-14-25/h8-11,16,21H,2-7,12-15H2,1H3,(H,24,26). The maximum Gasteiger partial charge on any atom is 0.387 e. The van der Waals surface area contributed by atoms with E-state index in [4.69, 9.17) is 4.74 Å². The van der Waals surface area contributed by atoms with Gasteiger partial charge in [-0.3, -0.25) is 4.79 Å². The average Bonchev–Trinajstić information content (AvgIpc) is 2.94. The van der Waals surface area contributed by atoms with Crippen LogP contribution in [0, 0.1) is 0 Å². The third-order valence-corrected chi connectivity index (χ3v) is 4.56. The van der Waals surface area contributed by atoms with Gasteiger partial charge in [0.25, 0.3) is 0 Å². The molecule has 7 heteroatoms. The monoisotopic (exact) mass is 396 g/mol. The van der Waals surface area contributed by atoms with Crippen LogP contribution in [0.1, 0.15) is 44.6 Å². The van der Waals surface area contributed by atoms with Gasteiger partial charge in [-0.25, -0.2) is 0 Å². The summed E-state index contributed by atoms with van der Waals surface area (Å²) in [4.78, 5) is 14.4. The van der Waals surface area contributed by atoms with Gasteiger partial charge in [0.1, 0.15) is 0 Å². The van der Waals surface area contributed by atoms with E-state index in [-0.39, 0.29) is 17.4 Å². The first-order chi connectivity index (χ1) is 13.6. The summed E-state index contributed by atoms with van der Waals surface area (Å²) < 4.78 is 34.6. The molecule has 0 atom stereocenters. The summed E-state index contributed by atoms with van der Waals surface area (Å²) in [7, 11) is 0. The van der Waals surface area contributed by atoms with Gasteiger partial charge in [0.05, 0.1) is 6.61 Å². The van der Waals surface area contributed by atoms with Gasteiger partial charge in [-0.1, -0.05) is 18.9 Å². The van der Waals surface area contributed by atoms with Gasteiger partial charge >= 0.3 is 6.61 Å². The van der Waals surface area contributed by atoms with Crippen LogP contribution in [0.25, 0.3) is 6.08 Å². The highest BCUT2D eigenvalue weighted by atomic mass is 19.3. The molecular formula is C21H30F2N2O3. The molecule has 0 unspecified atom stereocenters. The molecule has 0 aliphatic carbocycles. The van der Waals surface area contributed by atoms with E-state index >= 15 is 0 Å². The molecule has 1 heterocycles. The molecule has 0 saturated carbocycles. The largest absolute Gasteiger partial charge is 0.490 e. The first-order valence-electron chi connectivity index (χ1n) is 9.98. The van der Waals surface area contributed by atoms with Crippen LogP contribution in [0.3, 0.4) is 0 Å². The van der Waals surface area contributed by atoms with Crippen LogP contribution in [-0.2, 0) is 4.79 Å². The first kappa shape index (κ1) is 22.1. The average molecular weight is 396 g/mol. The summed E-state index contributed by atoms with van der Waals surface area (Å²) >= 11 is 0. The van der Waals surface area contributed by atoms with Crippen LogP contribution in [0.15, 0.2) is 24.3 Å². The lowest BCUT2D eigenvalue weighted by molar-refractivity contribution is -0.116. The van der Waals surface area contributed by atoms with E-state index in [0.717, 1.165) is 26.1 Å². The maximum atomic E-state index is 12.4. The minimum Gasteiger partial charge on any atom is -0.490 e. The van der Waals surface area contributed by atoms with Crippen molar-refractivity contribution in [2.45, 2.75) is 45.6 Å². The molecule has 1 aromatic carbocycles. The first-order valence-corrected chi connectivity index (χ1v) is 9.98. The summed E-state index contributed by atoms with van der Waals surface area (Å²) in [5.41, 5.74) is 0.671. The highest BCUT2D eigenvalue weighted by Crippen LogP contribution is 2.30. The Balaban J connectivity index is 1.78. The number of alkyl halides is 2. The highest BCUT2D eigenvalue weighted by Gasteiger charge is 2.11. The fraction of sp³-hybridized carbons (Fsp3) is 0.571. The summed E-state index contributed by atoms with van der Waals surface area (Å²) in [6.07, 6.45) is 9.15. The Labute approximate surface area is 165 Å². The minimum atomic E-state index is -2.92. The predicted molar refractivity (Wildman–Crippen MR) is 106 cm³/mol. The van der Waals surface area contributed by atoms with E-state index in [1.54, 1.807) is 25.1 Å². The van der Waals surface area contributed by atoms with E-state index in [1.165, 1.54) is 37.8 Å². The van der Waals surface area contributed by atoms with Crippen molar-refractivity contribution in [2.24, 2.45) is 0 Å². The van der Waals surface area contributed by atoms with Crippen LogP contribution in [0.5, 0.6) is 11.5 Å². The van der Waals surface area contributed by atoms with Crippen molar-refractivity contribution in [1.82, 2.24) is 10.2 Å². The number of nitrogens with one attached hydrogen (secondary N) is 1. The molecule has 1 aromatic rings. The van der Waals surface area contributed by atoms with Gasteiger partial charge < -0.3 is 19.7 Å². The van der Waals surface area contributed by atoms with Crippen LogP contribution in [0.2, 0.25) is 0 Å². The molecule has 2 rings (SSSR count). The smallest absolute Gasteiger partial charge is 0.387 e. The lowest BCUT2D eigenvalue weighted by Gasteiger charge is -2.19. The Morgan fingerprint density at radius 2 is 1.96 bits per heavy atom. The normalized spacial score (nSPS) is 15.6. The quantitative estimate of drug-likeness (QED) is 0.478. The number of amides is 1. The molecule has 1 amide bonds. The molecule has 1 saturated heterocycles. The number of rotatable bonds is 10. The second-order valence-corrected chi connectivity index (χ2v) is 6.75. The van der Waals surface area contributed by atoms with E-state index < -0.39 is 6.61 Å². The maximum absolute atomic E-state index is 12.4. The predicted octanol–water partition coefficient (Wildman–Crippen LogP) is 4.08. The number of halogens is 2. The third-order valence-electron chi connectivity index (χ3n) is 4.56. The second kappa shape index (κ2) is 12.3. The molecule has 0 radical (unpaired) electrons. The zero-order chi connectivity index (χ0) is 20.2. The number of carbonyl (C=O) groups excluding carboxylic acids is 1. The zero-order valence-corrected chi connectivity index (χ0v) is 16.5. The van der Waals surface area contributed by atoms with Gasteiger partial charge in [0.15, 0.2) is 11.5 Å². The fourth-order valence-corrected chi connectivity index (χ4v) is 3.19. The second-order valence-electron chi connectivity index (χ2n) is 6.75. The summed E-state index contributed by atoms with van der Waals surface area (Å²) in [6, 6.07) is 4.59. The van der Waals surface area contributed by atoms with Crippen molar-refractivity contribution in [2.75, 3.05) is 32.8 Å². The molecule has 1 fully saturated rings. The molecule has 0 spiro atoms. The number of benzene rings is 1. The van der Waals surface area contributed by atoms with Crippen LogP contribution < -0.4 is 14.8 Å². The lowest BCUT2D eigenvalue weighted by atomic mass is 10.2. The van der Waals surface area contributed by atoms with Gasteiger partial charge in [0, 0.05) is 12.6 Å². The van der Waals surface area contributed by atoms with E-state index in [1.807, 2.05) is 0 Å². The number of carbonyl (C=O) groups is 1. The third kappa shape index (κ3) is 8.25. The number of hydrogen-bond acceptors (Lipinski definition) is 4. The molecule has 156 valence electrons. The van der Waals surface area contributed by atoms with Gasteiger partial charge in [-0.2, -0.15) is 8.78 Å². The Bertz CT molecular complexity index is 630. The summed E-state index contributed by atoms with van der Waals surface area (Å²) in [5, 5.41) is 2.88.